The van der Waals surface area contributed by atoms with E-state index in [-0.39, 0.29) is 11.8 Å². The number of hydrazine groups is 1. The fourth-order valence-electron chi connectivity index (χ4n) is 4.86. The molecule has 4 rings (SSSR count). The summed E-state index contributed by atoms with van der Waals surface area (Å²) in [6.45, 7) is 3.79. The molecule has 2 fully saturated rings. The molecule has 0 aromatic heterocycles. The third kappa shape index (κ3) is 6.88. The molecule has 2 unspecified atom stereocenters. The Hall–Kier alpha value is -2.26. The average Bonchev–Trinajstić information content (AvgIpc) is 2.85. The minimum atomic E-state index is -3.52. The average molecular weight is 486 g/mol. The van der Waals surface area contributed by atoms with Crippen LogP contribution in [0.25, 0.3) is 0 Å². The number of sulfonamides is 1. The van der Waals surface area contributed by atoms with Crippen LogP contribution in [-0.4, -0.2) is 56.4 Å². The van der Waals surface area contributed by atoms with Crippen LogP contribution in [0.2, 0.25) is 0 Å². The molecule has 0 radical (unpaired) electrons. The van der Waals surface area contributed by atoms with E-state index in [9.17, 15) is 13.2 Å². The number of hydrogen-bond donors (Lipinski definition) is 1. The van der Waals surface area contributed by atoms with Crippen molar-refractivity contribution in [2.24, 2.45) is 11.8 Å². The second-order valence-corrected chi connectivity index (χ2v) is 11.3. The summed E-state index contributed by atoms with van der Waals surface area (Å²) in [5.74, 6) is 0.385. The van der Waals surface area contributed by atoms with E-state index >= 15 is 0 Å². The maximum absolute atomic E-state index is 13.0. The van der Waals surface area contributed by atoms with E-state index < -0.39 is 10.0 Å². The topological polar surface area (TPSA) is 79.0 Å². The highest BCUT2D eigenvalue weighted by Gasteiger charge is 2.31. The number of carbonyl (C=O) groups is 1. The van der Waals surface area contributed by atoms with Crippen LogP contribution in [0.5, 0.6) is 0 Å². The standard InChI is InChI=1S/C26H35N3O4S/c30-26(17-23-11-8-16-29(19-23)34(31,32)25-13-5-2-6-14-25)27-28-15-7-12-24(18-28)21-33-20-22-9-3-1-4-10-22/h1-6,9-10,13-14,23-24H,7-8,11-12,15-21H2,(H,27,30). The SMILES string of the molecule is O=C(CC1CCCN(S(=O)(=O)c2ccccc2)C1)NN1CCCC(COCc2ccccc2)C1. The second-order valence-electron chi connectivity index (χ2n) is 9.38. The molecule has 34 heavy (non-hydrogen) atoms. The van der Waals surface area contributed by atoms with Gasteiger partial charge in [-0.2, -0.15) is 4.31 Å². The Morgan fingerprint density at radius 1 is 0.912 bits per heavy atom. The Balaban J connectivity index is 1.22. The summed E-state index contributed by atoms with van der Waals surface area (Å²) in [7, 11) is -3.52. The molecule has 2 atom stereocenters. The lowest BCUT2D eigenvalue weighted by Gasteiger charge is -2.34. The Morgan fingerprint density at radius 2 is 1.59 bits per heavy atom. The van der Waals surface area contributed by atoms with Crippen LogP contribution in [-0.2, 0) is 26.2 Å². The lowest BCUT2D eigenvalue weighted by molar-refractivity contribution is -0.128. The normalized spacial score (nSPS) is 22.4. The quantitative estimate of drug-likeness (QED) is 0.589. The molecule has 0 saturated carbocycles. The lowest BCUT2D eigenvalue weighted by Crippen LogP contribution is -2.49. The van der Waals surface area contributed by atoms with Crippen molar-refractivity contribution in [1.29, 1.82) is 0 Å². The molecule has 184 valence electrons. The molecule has 1 N–H and O–H groups in total. The van der Waals surface area contributed by atoms with E-state index in [0.717, 1.165) is 38.8 Å². The van der Waals surface area contributed by atoms with Gasteiger partial charge in [0.15, 0.2) is 0 Å². The predicted molar refractivity (Wildman–Crippen MR) is 131 cm³/mol. The first-order chi connectivity index (χ1) is 16.5. The van der Waals surface area contributed by atoms with Gasteiger partial charge in [0.2, 0.25) is 15.9 Å². The summed E-state index contributed by atoms with van der Waals surface area (Å²) >= 11 is 0. The van der Waals surface area contributed by atoms with Crippen molar-refractivity contribution >= 4 is 15.9 Å². The number of hydrogen-bond acceptors (Lipinski definition) is 5. The molecule has 2 aromatic rings. The van der Waals surface area contributed by atoms with Gasteiger partial charge in [-0.3, -0.25) is 10.2 Å². The number of nitrogens with zero attached hydrogens (tertiary/aromatic N) is 2. The fourth-order valence-corrected chi connectivity index (χ4v) is 6.43. The monoisotopic (exact) mass is 485 g/mol. The molecule has 2 saturated heterocycles. The van der Waals surface area contributed by atoms with Gasteiger partial charge in [0.25, 0.3) is 0 Å². The van der Waals surface area contributed by atoms with E-state index in [1.165, 1.54) is 9.87 Å². The third-order valence-electron chi connectivity index (χ3n) is 6.60. The summed E-state index contributed by atoms with van der Waals surface area (Å²) in [4.78, 5) is 13.1. The van der Waals surface area contributed by atoms with Crippen molar-refractivity contribution in [1.82, 2.24) is 14.7 Å². The highest BCUT2D eigenvalue weighted by atomic mass is 32.2. The van der Waals surface area contributed by atoms with Crippen molar-refractivity contribution in [2.45, 2.75) is 43.6 Å². The molecule has 7 nitrogen and oxygen atoms in total. The van der Waals surface area contributed by atoms with Gasteiger partial charge in [0.1, 0.15) is 0 Å². The van der Waals surface area contributed by atoms with E-state index in [0.29, 0.717) is 43.5 Å². The Bertz CT molecular complexity index is 1020. The maximum Gasteiger partial charge on any atom is 0.243 e. The largest absolute Gasteiger partial charge is 0.376 e. The lowest BCUT2D eigenvalue weighted by atomic mass is 9.96. The van der Waals surface area contributed by atoms with Crippen LogP contribution in [0.1, 0.15) is 37.7 Å². The van der Waals surface area contributed by atoms with Gasteiger partial charge in [-0.25, -0.2) is 13.4 Å². The van der Waals surface area contributed by atoms with Crippen molar-refractivity contribution in [3.8, 4) is 0 Å². The van der Waals surface area contributed by atoms with Crippen molar-refractivity contribution in [3.05, 3.63) is 66.2 Å². The third-order valence-corrected chi connectivity index (χ3v) is 8.48. The van der Waals surface area contributed by atoms with Crippen molar-refractivity contribution in [3.63, 3.8) is 0 Å². The minimum absolute atomic E-state index is 0.0297. The summed E-state index contributed by atoms with van der Waals surface area (Å²) in [6.07, 6.45) is 4.09. The highest BCUT2D eigenvalue weighted by molar-refractivity contribution is 7.89. The first-order valence-electron chi connectivity index (χ1n) is 12.2. The number of carbonyl (C=O) groups excluding carboxylic acids is 1. The fraction of sp³-hybridized carbons (Fsp3) is 0.500. The van der Waals surface area contributed by atoms with Gasteiger partial charge in [0.05, 0.1) is 18.1 Å². The molecule has 0 spiro atoms. The van der Waals surface area contributed by atoms with Crippen LogP contribution in [0.3, 0.4) is 0 Å². The van der Waals surface area contributed by atoms with Crippen LogP contribution >= 0.6 is 0 Å². The summed E-state index contributed by atoms with van der Waals surface area (Å²) in [5.41, 5.74) is 4.23. The van der Waals surface area contributed by atoms with Crippen molar-refractivity contribution < 1.29 is 17.9 Å². The number of amides is 1. The van der Waals surface area contributed by atoms with Gasteiger partial charge < -0.3 is 4.74 Å². The number of nitrogens with one attached hydrogen (secondary N) is 1. The van der Waals surface area contributed by atoms with Gasteiger partial charge in [-0.05, 0) is 55.2 Å². The summed E-state index contributed by atoms with van der Waals surface area (Å²) < 4.78 is 33.4. The van der Waals surface area contributed by atoms with E-state index in [1.54, 1.807) is 24.3 Å². The molecule has 2 heterocycles. The number of ether oxygens (including phenoxy) is 1. The number of benzene rings is 2. The predicted octanol–water partition coefficient (Wildman–Crippen LogP) is 3.44. The van der Waals surface area contributed by atoms with Gasteiger partial charge in [0, 0.05) is 32.6 Å². The molecule has 1 amide bonds. The van der Waals surface area contributed by atoms with Crippen LogP contribution in [0, 0.1) is 11.8 Å². The maximum atomic E-state index is 13.0. The zero-order valence-electron chi connectivity index (χ0n) is 19.6. The molecular formula is C26H35N3O4S. The number of rotatable bonds is 9. The second kappa shape index (κ2) is 11.9. The molecular weight excluding hydrogens is 450 g/mol. The first-order valence-corrected chi connectivity index (χ1v) is 13.7. The minimum Gasteiger partial charge on any atom is -0.376 e. The Labute approximate surface area is 203 Å². The summed E-state index contributed by atoms with van der Waals surface area (Å²) in [6, 6.07) is 18.7. The van der Waals surface area contributed by atoms with E-state index in [4.69, 9.17) is 4.74 Å². The zero-order valence-corrected chi connectivity index (χ0v) is 20.5. The zero-order chi connectivity index (χ0) is 23.8. The van der Waals surface area contributed by atoms with Crippen LogP contribution < -0.4 is 5.43 Å². The molecule has 2 aliphatic heterocycles. The van der Waals surface area contributed by atoms with Gasteiger partial charge in [-0.1, -0.05) is 48.5 Å². The van der Waals surface area contributed by atoms with Crippen LogP contribution in [0.15, 0.2) is 65.6 Å². The Morgan fingerprint density at radius 3 is 2.35 bits per heavy atom. The molecule has 0 bridgehead atoms. The summed E-state index contributed by atoms with van der Waals surface area (Å²) in [5, 5.41) is 2.00. The smallest absolute Gasteiger partial charge is 0.243 e. The van der Waals surface area contributed by atoms with Gasteiger partial charge in [-0.15, -0.1) is 0 Å². The molecule has 2 aromatic carbocycles. The van der Waals surface area contributed by atoms with Gasteiger partial charge >= 0.3 is 0 Å². The van der Waals surface area contributed by atoms with Crippen LogP contribution in [0.4, 0.5) is 0 Å². The Kier molecular flexibility index (Phi) is 8.72. The molecule has 0 aliphatic carbocycles. The molecule has 2 aliphatic rings. The molecule has 8 heteroatoms. The van der Waals surface area contributed by atoms with E-state index in [2.05, 4.69) is 17.6 Å². The van der Waals surface area contributed by atoms with Crippen molar-refractivity contribution in [2.75, 3.05) is 32.8 Å². The first kappa shape index (κ1) is 24.9. The number of piperidine rings is 2. The highest BCUT2D eigenvalue weighted by Crippen LogP contribution is 2.25. The van der Waals surface area contributed by atoms with E-state index in [1.807, 2.05) is 29.3 Å².